The zero-order valence-corrected chi connectivity index (χ0v) is 11.2. The lowest BCUT2D eigenvalue weighted by Crippen LogP contribution is -2.39. The van der Waals surface area contributed by atoms with Crippen molar-refractivity contribution >= 4 is 17.3 Å². The van der Waals surface area contributed by atoms with Gasteiger partial charge in [-0.1, -0.05) is 32.3 Å². The molecule has 1 unspecified atom stereocenters. The smallest absolute Gasteiger partial charge is 0.191 e. The van der Waals surface area contributed by atoms with Crippen LogP contribution in [0, 0.1) is 0 Å². The van der Waals surface area contributed by atoms with E-state index < -0.39 is 0 Å². The van der Waals surface area contributed by atoms with Gasteiger partial charge in [0.15, 0.2) is 5.96 Å². The van der Waals surface area contributed by atoms with E-state index in [1.165, 1.54) is 30.6 Å². The molecular formula is C13H21N3S. The summed E-state index contributed by atoms with van der Waals surface area (Å²) in [4.78, 5) is 8.01. The summed E-state index contributed by atoms with van der Waals surface area (Å²) >= 11 is 1.79. The predicted molar refractivity (Wildman–Crippen MR) is 74.3 cm³/mol. The number of rotatable bonds is 6. The van der Waals surface area contributed by atoms with Gasteiger partial charge in [-0.05, 0) is 17.9 Å². The predicted octanol–water partition coefficient (Wildman–Crippen LogP) is 2.83. The minimum absolute atomic E-state index is 0.517. The molecule has 0 bridgehead atoms. The molecule has 2 rings (SSSR count). The molecule has 1 aliphatic heterocycles. The van der Waals surface area contributed by atoms with Crippen molar-refractivity contribution in [1.82, 2.24) is 4.90 Å². The number of nitrogens with zero attached hydrogens (tertiary/aromatic N) is 2. The Labute approximate surface area is 107 Å². The molecule has 2 N–H and O–H groups in total. The van der Waals surface area contributed by atoms with E-state index in [9.17, 15) is 0 Å². The van der Waals surface area contributed by atoms with Gasteiger partial charge in [-0.25, -0.2) is 0 Å². The molecule has 1 aliphatic rings. The van der Waals surface area contributed by atoms with Crippen molar-refractivity contribution in [2.75, 3.05) is 6.54 Å². The van der Waals surface area contributed by atoms with Crippen LogP contribution in [0.1, 0.15) is 37.5 Å². The zero-order chi connectivity index (χ0) is 12.1. The Hall–Kier alpha value is -1.03. The van der Waals surface area contributed by atoms with E-state index in [0.29, 0.717) is 6.04 Å². The number of guanidine groups is 1. The maximum Gasteiger partial charge on any atom is 0.191 e. The summed E-state index contributed by atoms with van der Waals surface area (Å²) in [6, 6.07) is 4.78. The Morgan fingerprint density at radius 1 is 1.53 bits per heavy atom. The monoisotopic (exact) mass is 251 g/mol. The largest absolute Gasteiger partial charge is 0.370 e. The van der Waals surface area contributed by atoms with E-state index in [0.717, 1.165) is 19.0 Å². The highest BCUT2D eigenvalue weighted by atomic mass is 32.1. The molecule has 0 aromatic carbocycles. The Balaban J connectivity index is 1.89. The lowest BCUT2D eigenvalue weighted by molar-refractivity contribution is 0.312. The van der Waals surface area contributed by atoms with Gasteiger partial charge in [0.1, 0.15) is 0 Å². The minimum Gasteiger partial charge on any atom is -0.370 e. The molecule has 1 atom stereocenters. The second-order valence-corrected chi connectivity index (χ2v) is 5.59. The lowest BCUT2D eigenvalue weighted by Gasteiger charge is -2.25. The second kappa shape index (κ2) is 6.05. The fourth-order valence-electron chi connectivity index (χ4n) is 2.23. The highest BCUT2D eigenvalue weighted by Crippen LogP contribution is 2.20. The van der Waals surface area contributed by atoms with E-state index >= 15 is 0 Å². The van der Waals surface area contributed by atoms with Crippen LogP contribution in [0.25, 0.3) is 0 Å². The molecule has 0 radical (unpaired) electrons. The fourth-order valence-corrected chi connectivity index (χ4v) is 2.94. The van der Waals surface area contributed by atoms with Crippen molar-refractivity contribution < 1.29 is 0 Å². The van der Waals surface area contributed by atoms with Gasteiger partial charge in [0.2, 0.25) is 0 Å². The third-order valence-electron chi connectivity index (χ3n) is 3.25. The summed E-state index contributed by atoms with van der Waals surface area (Å²) in [5, 5.41) is 2.12. The maximum absolute atomic E-state index is 5.97. The first-order valence-corrected chi connectivity index (χ1v) is 7.28. The Kier molecular flexibility index (Phi) is 4.42. The van der Waals surface area contributed by atoms with Crippen molar-refractivity contribution in [3.63, 3.8) is 0 Å². The van der Waals surface area contributed by atoms with Crippen LogP contribution < -0.4 is 5.73 Å². The zero-order valence-electron chi connectivity index (χ0n) is 10.4. The van der Waals surface area contributed by atoms with Gasteiger partial charge in [-0.2, -0.15) is 0 Å². The van der Waals surface area contributed by atoms with Crippen LogP contribution in [-0.4, -0.2) is 23.4 Å². The second-order valence-electron chi connectivity index (χ2n) is 4.56. The summed E-state index contributed by atoms with van der Waals surface area (Å²) in [6.45, 7) is 4.04. The highest BCUT2D eigenvalue weighted by molar-refractivity contribution is 7.09. The van der Waals surface area contributed by atoms with Crippen LogP contribution in [0.4, 0.5) is 0 Å². The summed E-state index contributed by atoms with van der Waals surface area (Å²) < 4.78 is 0. The van der Waals surface area contributed by atoms with Gasteiger partial charge in [-0.3, -0.25) is 4.99 Å². The van der Waals surface area contributed by atoms with Crippen molar-refractivity contribution in [3.05, 3.63) is 22.4 Å². The Morgan fingerprint density at radius 3 is 3.12 bits per heavy atom. The molecule has 94 valence electrons. The molecule has 2 heterocycles. The molecular weight excluding hydrogens is 230 g/mol. The summed E-state index contributed by atoms with van der Waals surface area (Å²) in [6.07, 6.45) is 5.07. The van der Waals surface area contributed by atoms with Crippen LogP contribution in [0.2, 0.25) is 0 Å². The molecule has 0 aliphatic carbocycles. The SMILES string of the molecule is CCCCCC1CN=C(N)N1Cc1cccs1. The van der Waals surface area contributed by atoms with E-state index in [4.69, 9.17) is 5.73 Å². The molecule has 3 nitrogen and oxygen atoms in total. The first-order valence-electron chi connectivity index (χ1n) is 6.40. The molecule has 1 aromatic rings. The molecule has 0 saturated carbocycles. The number of hydrogen-bond donors (Lipinski definition) is 1. The molecule has 0 saturated heterocycles. The van der Waals surface area contributed by atoms with Crippen molar-refractivity contribution in [2.24, 2.45) is 10.7 Å². The summed E-state index contributed by atoms with van der Waals surface area (Å²) in [5.41, 5.74) is 5.97. The first kappa shape index (κ1) is 12.4. The number of hydrogen-bond acceptors (Lipinski definition) is 4. The molecule has 1 aromatic heterocycles. The molecule has 4 heteroatoms. The van der Waals surface area contributed by atoms with Crippen molar-refractivity contribution in [3.8, 4) is 0 Å². The van der Waals surface area contributed by atoms with Crippen LogP contribution in [0.5, 0.6) is 0 Å². The molecule has 0 spiro atoms. The summed E-state index contributed by atoms with van der Waals surface area (Å²) in [5.74, 6) is 0.722. The standard InChI is InChI=1S/C13H21N3S/c1-2-3-4-6-11-9-15-13(14)16(11)10-12-7-5-8-17-12/h5,7-8,11H,2-4,6,9-10H2,1H3,(H2,14,15). The van der Waals surface area contributed by atoms with Crippen LogP contribution in [0.3, 0.4) is 0 Å². The van der Waals surface area contributed by atoms with Gasteiger partial charge >= 0.3 is 0 Å². The Morgan fingerprint density at radius 2 is 2.41 bits per heavy atom. The number of aliphatic imine (C=N–C) groups is 1. The highest BCUT2D eigenvalue weighted by Gasteiger charge is 2.25. The third-order valence-corrected chi connectivity index (χ3v) is 4.11. The van der Waals surface area contributed by atoms with Gasteiger partial charge in [0, 0.05) is 4.88 Å². The number of nitrogens with two attached hydrogens (primary N) is 1. The average Bonchev–Trinajstić information content (AvgIpc) is 2.94. The lowest BCUT2D eigenvalue weighted by atomic mass is 10.1. The van der Waals surface area contributed by atoms with Gasteiger partial charge in [0.05, 0.1) is 19.1 Å². The van der Waals surface area contributed by atoms with Crippen LogP contribution >= 0.6 is 11.3 Å². The van der Waals surface area contributed by atoms with Gasteiger partial charge in [-0.15, -0.1) is 11.3 Å². The fraction of sp³-hybridized carbons (Fsp3) is 0.615. The van der Waals surface area contributed by atoms with E-state index in [1.807, 2.05) is 0 Å². The number of thiophene rings is 1. The molecule has 0 fully saturated rings. The van der Waals surface area contributed by atoms with Crippen molar-refractivity contribution in [1.29, 1.82) is 0 Å². The van der Waals surface area contributed by atoms with Crippen LogP contribution in [0.15, 0.2) is 22.5 Å². The molecule has 17 heavy (non-hydrogen) atoms. The van der Waals surface area contributed by atoms with Crippen LogP contribution in [-0.2, 0) is 6.54 Å². The topological polar surface area (TPSA) is 41.6 Å². The average molecular weight is 251 g/mol. The van der Waals surface area contributed by atoms with Crippen molar-refractivity contribution in [2.45, 2.75) is 45.2 Å². The van der Waals surface area contributed by atoms with Gasteiger partial charge in [0.25, 0.3) is 0 Å². The third kappa shape index (κ3) is 3.22. The summed E-state index contributed by atoms with van der Waals surface area (Å²) in [7, 11) is 0. The first-order chi connectivity index (χ1) is 8.31. The van der Waals surface area contributed by atoms with Gasteiger partial charge < -0.3 is 10.6 Å². The number of unbranched alkanes of at least 4 members (excludes halogenated alkanes) is 2. The Bertz CT molecular complexity index is 359. The van der Waals surface area contributed by atoms with E-state index in [-0.39, 0.29) is 0 Å². The maximum atomic E-state index is 5.97. The quantitative estimate of drug-likeness (QED) is 0.790. The normalized spacial score (nSPS) is 19.7. The van der Waals surface area contributed by atoms with E-state index in [2.05, 4.69) is 34.3 Å². The minimum atomic E-state index is 0.517. The molecule has 0 amide bonds. The van der Waals surface area contributed by atoms with E-state index in [1.54, 1.807) is 11.3 Å².